The Morgan fingerprint density at radius 3 is 2.44 bits per heavy atom. The molecule has 0 aliphatic carbocycles. The highest BCUT2D eigenvalue weighted by molar-refractivity contribution is 6.39. The Kier molecular flexibility index (Phi) is 8.53. The average Bonchev–Trinajstić information content (AvgIpc) is 2.69. The van der Waals surface area contributed by atoms with Crippen LogP contribution in [0.25, 0.3) is 0 Å². The van der Waals surface area contributed by atoms with Crippen molar-refractivity contribution in [1.29, 1.82) is 0 Å². The number of rotatable bonds is 5. The molecule has 1 aromatic rings. The molecule has 0 bridgehead atoms. The number of hydrogen-bond acceptors (Lipinski definition) is 7. The molecule has 2 rings (SSSR count). The maximum Gasteiger partial charge on any atom is 0.408 e. The normalized spacial score (nSPS) is 18.5. The Balaban J connectivity index is 2.05. The molecule has 1 saturated heterocycles. The number of pyridine rings is 1. The van der Waals surface area contributed by atoms with Gasteiger partial charge in [0.05, 0.1) is 12.1 Å². The number of nitrogens with zero attached hydrogens (tertiary/aromatic N) is 2. The second kappa shape index (κ2) is 10.9. The summed E-state index contributed by atoms with van der Waals surface area (Å²) in [4.78, 5) is 54.8. The smallest absolute Gasteiger partial charge is 0.408 e. The Morgan fingerprint density at radius 2 is 1.84 bits per heavy atom. The van der Waals surface area contributed by atoms with E-state index in [9.17, 15) is 19.2 Å². The van der Waals surface area contributed by atoms with Gasteiger partial charge in [-0.15, -0.1) is 0 Å². The second-order valence-electron chi connectivity index (χ2n) is 8.57. The number of piperidine rings is 1. The zero-order valence-corrected chi connectivity index (χ0v) is 19.1. The van der Waals surface area contributed by atoms with Crippen LogP contribution in [-0.4, -0.2) is 78.2 Å². The summed E-state index contributed by atoms with van der Waals surface area (Å²) in [5.74, 6) is -1.74. The third kappa shape index (κ3) is 7.80. The van der Waals surface area contributed by atoms with Crippen molar-refractivity contribution in [2.24, 2.45) is 0 Å². The average molecular weight is 450 g/mol. The van der Waals surface area contributed by atoms with E-state index in [0.717, 1.165) is 5.56 Å². The minimum atomic E-state index is -0.879. The van der Waals surface area contributed by atoms with Crippen molar-refractivity contribution < 1.29 is 28.7 Å². The number of likely N-dealkylation sites (tertiary alicyclic amines) is 1. The molecule has 0 spiro atoms. The summed E-state index contributed by atoms with van der Waals surface area (Å²) in [6.45, 7) is 7.41. The number of anilines is 1. The number of methoxy groups -OCH3 is 1. The molecule has 3 N–H and O–H groups in total. The molecule has 32 heavy (non-hydrogen) atoms. The van der Waals surface area contributed by atoms with Gasteiger partial charge < -0.3 is 30.3 Å². The van der Waals surface area contributed by atoms with Gasteiger partial charge in [0.15, 0.2) is 0 Å². The molecule has 11 heteroatoms. The number of amides is 4. The van der Waals surface area contributed by atoms with Crippen LogP contribution < -0.4 is 16.0 Å². The number of alkyl carbamates (subject to hydrolysis) is 1. The second-order valence-corrected chi connectivity index (χ2v) is 8.57. The summed E-state index contributed by atoms with van der Waals surface area (Å²) in [5, 5.41) is 7.77. The molecule has 1 aliphatic rings. The van der Waals surface area contributed by atoms with Crippen LogP contribution in [0.15, 0.2) is 18.3 Å². The van der Waals surface area contributed by atoms with Crippen molar-refractivity contribution in [3.05, 3.63) is 23.9 Å². The van der Waals surface area contributed by atoms with Crippen molar-refractivity contribution in [3.8, 4) is 0 Å². The van der Waals surface area contributed by atoms with E-state index in [1.807, 2.05) is 6.92 Å². The summed E-state index contributed by atoms with van der Waals surface area (Å²) in [6, 6.07) is 2.11. The Hall–Kier alpha value is -3.21. The molecule has 176 valence electrons. The molecule has 0 radical (unpaired) electrons. The van der Waals surface area contributed by atoms with Gasteiger partial charge in [0.25, 0.3) is 0 Å². The van der Waals surface area contributed by atoms with Crippen LogP contribution in [0.5, 0.6) is 0 Å². The minimum Gasteiger partial charge on any atom is -0.444 e. The highest BCUT2D eigenvalue weighted by Crippen LogP contribution is 2.14. The van der Waals surface area contributed by atoms with Crippen LogP contribution in [0.1, 0.15) is 32.8 Å². The SMILES string of the molecule is COCC(=O)N1CC[C@H](NC(=O)C(=O)Nc2ccc(C)cn2)[C@H](NC(=O)OC(C)(C)C)C1. The quantitative estimate of drug-likeness (QED) is 0.559. The summed E-state index contributed by atoms with van der Waals surface area (Å²) >= 11 is 0. The van der Waals surface area contributed by atoms with Crippen molar-refractivity contribution in [2.45, 2.75) is 51.8 Å². The zero-order valence-electron chi connectivity index (χ0n) is 19.1. The molecule has 1 aromatic heterocycles. The van der Waals surface area contributed by atoms with Gasteiger partial charge in [-0.1, -0.05) is 6.07 Å². The standard InChI is InChI=1S/C21H31N5O6/c1-13-6-7-16(22-10-13)25-19(29)18(28)23-14-8-9-26(17(27)12-31-5)11-15(14)24-20(30)32-21(2,3)4/h6-7,10,14-15H,8-9,11-12H2,1-5H3,(H,23,28)(H,24,30)(H,22,25,29)/t14-,15+/m0/s1. The van der Waals surface area contributed by atoms with Crippen molar-refractivity contribution >= 4 is 29.6 Å². The first-order chi connectivity index (χ1) is 15.0. The number of hydrogen-bond donors (Lipinski definition) is 3. The molecule has 11 nitrogen and oxygen atoms in total. The third-order valence-electron chi connectivity index (χ3n) is 4.61. The van der Waals surface area contributed by atoms with Crippen LogP contribution in [0, 0.1) is 6.92 Å². The van der Waals surface area contributed by atoms with Gasteiger partial charge in [0.1, 0.15) is 18.0 Å². The van der Waals surface area contributed by atoms with E-state index in [1.165, 1.54) is 12.0 Å². The highest BCUT2D eigenvalue weighted by Gasteiger charge is 2.35. The molecule has 0 aromatic carbocycles. The Morgan fingerprint density at radius 1 is 1.12 bits per heavy atom. The molecule has 1 aliphatic heterocycles. The number of carbonyl (C=O) groups excluding carboxylic acids is 4. The van der Waals surface area contributed by atoms with Gasteiger partial charge in [0.2, 0.25) is 5.91 Å². The minimum absolute atomic E-state index is 0.0951. The van der Waals surface area contributed by atoms with Crippen molar-refractivity contribution in [3.63, 3.8) is 0 Å². The number of nitrogens with one attached hydrogen (secondary N) is 3. The van der Waals surface area contributed by atoms with Crippen LogP contribution >= 0.6 is 0 Å². The predicted octanol–water partition coefficient (Wildman–Crippen LogP) is 0.585. The van der Waals surface area contributed by atoms with Crippen LogP contribution in [0.2, 0.25) is 0 Å². The molecular formula is C21H31N5O6. The maximum absolute atomic E-state index is 12.5. The molecule has 1 fully saturated rings. The predicted molar refractivity (Wildman–Crippen MR) is 116 cm³/mol. The topological polar surface area (TPSA) is 139 Å². The van der Waals surface area contributed by atoms with E-state index in [2.05, 4.69) is 20.9 Å². The number of carbonyl (C=O) groups is 4. The van der Waals surface area contributed by atoms with Gasteiger partial charge in [0, 0.05) is 26.4 Å². The van der Waals surface area contributed by atoms with E-state index < -0.39 is 35.6 Å². The Labute approximate surface area is 187 Å². The summed E-state index contributed by atoms with van der Waals surface area (Å²) < 4.78 is 10.2. The zero-order chi connectivity index (χ0) is 23.9. The summed E-state index contributed by atoms with van der Waals surface area (Å²) in [6.07, 6.45) is 1.22. The van der Waals surface area contributed by atoms with Gasteiger partial charge in [-0.25, -0.2) is 9.78 Å². The number of aromatic nitrogens is 1. The van der Waals surface area contributed by atoms with E-state index >= 15 is 0 Å². The molecule has 2 atom stereocenters. The first kappa shape index (κ1) is 25.1. The van der Waals surface area contributed by atoms with Crippen LogP contribution in [-0.2, 0) is 23.9 Å². The first-order valence-corrected chi connectivity index (χ1v) is 10.3. The lowest BCUT2D eigenvalue weighted by molar-refractivity contribution is -0.138. The lowest BCUT2D eigenvalue weighted by atomic mass is 9.99. The van der Waals surface area contributed by atoms with Gasteiger partial charge in [-0.05, 0) is 45.7 Å². The largest absolute Gasteiger partial charge is 0.444 e. The van der Waals surface area contributed by atoms with E-state index in [0.29, 0.717) is 13.0 Å². The fourth-order valence-electron chi connectivity index (χ4n) is 3.12. The molecule has 0 unspecified atom stereocenters. The van der Waals surface area contributed by atoms with E-state index in [-0.39, 0.29) is 24.9 Å². The highest BCUT2D eigenvalue weighted by atomic mass is 16.6. The molecule has 4 amide bonds. The molecule has 0 saturated carbocycles. The third-order valence-corrected chi connectivity index (χ3v) is 4.61. The van der Waals surface area contributed by atoms with E-state index in [1.54, 1.807) is 39.1 Å². The van der Waals surface area contributed by atoms with Crippen molar-refractivity contribution in [1.82, 2.24) is 20.5 Å². The fourth-order valence-corrected chi connectivity index (χ4v) is 3.12. The maximum atomic E-state index is 12.5. The molecular weight excluding hydrogens is 418 g/mol. The van der Waals surface area contributed by atoms with Crippen LogP contribution in [0.4, 0.5) is 10.6 Å². The van der Waals surface area contributed by atoms with Gasteiger partial charge in [-0.3, -0.25) is 14.4 Å². The number of ether oxygens (including phenoxy) is 2. The lowest BCUT2D eigenvalue weighted by Crippen LogP contribution is -2.62. The number of aryl methyl sites for hydroxylation is 1. The summed E-state index contributed by atoms with van der Waals surface area (Å²) in [5.41, 5.74) is 0.197. The van der Waals surface area contributed by atoms with Crippen LogP contribution in [0.3, 0.4) is 0 Å². The van der Waals surface area contributed by atoms with E-state index in [4.69, 9.17) is 9.47 Å². The van der Waals surface area contributed by atoms with Gasteiger partial charge >= 0.3 is 17.9 Å². The first-order valence-electron chi connectivity index (χ1n) is 10.3. The van der Waals surface area contributed by atoms with Gasteiger partial charge in [-0.2, -0.15) is 0 Å². The monoisotopic (exact) mass is 449 g/mol. The fraction of sp³-hybridized carbons (Fsp3) is 0.571. The molecule has 2 heterocycles. The lowest BCUT2D eigenvalue weighted by Gasteiger charge is -2.39. The Bertz CT molecular complexity index is 836. The van der Waals surface area contributed by atoms with Crippen molar-refractivity contribution in [2.75, 3.05) is 32.1 Å². The summed E-state index contributed by atoms with van der Waals surface area (Å²) in [7, 11) is 1.42.